The number of benzene rings is 1. The molecular formula is C12H14FNO2S. The Morgan fingerprint density at radius 1 is 1.35 bits per heavy atom. The number of aromatic nitrogens is 1. The molecule has 92 valence electrons. The second kappa shape index (κ2) is 4.14. The first kappa shape index (κ1) is 12.1. The molecule has 17 heavy (non-hydrogen) atoms. The maximum atomic E-state index is 13.2. The van der Waals surface area contributed by atoms with Crippen molar-refractivity contribution in [3.8, 4) is 0 Å². The summed E-state index contributed by atoms with van der Waals surface area (Å²) in [5.74, 6) is -0.321. The zero-order chi connectivity index (χ0) is 12.6. The van der Waals surface area contributed by atoms with Crippen molar-refractivity contribution in [2.45, 2.75) is 19.2 Å². The summed E-state index contributed by atoms with van der Waals surface area (Å²) in [6.45, 7) is 2.62. The zero-order valence-corrected chi connectivity index (χ0v) is 10.6. The highest BCUT2D eigenvalue weighted by atomic mass is 32.2. The fraction of sp³-hybridized carbons (Fsp3) is 0.333. The summed E-state index contributed by atoms with van der Waals surface area (Å²) in [6, 6.07) is 4.43. The smallest absolute Gasteiger partial charge is 0.151 e. The number of halogens is 1. The number of sulfone groups is 1. The van der Waals surface area contributed by atoms with E-state index >= 15 is 0 Å². The predicted molar refractivity (Wildman–Crippen MR) is 66.1 cm³/mol. The molecule has 0 unspecified atom stereocenters. The SMILES string of the molecule is CCn1cc(CS(C)(=O)=O)c2ccc(F)cc21. The van der Waals surface area contributed by atoms with Crippen LogP contribution in [-0.4, -0.2) is 19.2 Å². The van der Waals surface area contributed by atoms with Crippen LogP contribution in [0.15, 0.2) is 24.4 Å². The first-order valence-corrected chi connectivity index (χ1v) is 7.42. The molecule has 1 aromatic heterocycles. The van der Waals surface area contributed by atoms with E-state index in [1.54, 1.807) is 12.3 Å². The van der Waals surface area contributed by atoms with Gasteiger partial charge in [-0.15, -0.1) is 0 Å². The molecule has 0 fully saturated rings. The molecule has 0 N–H and O–H groups in total. The number of hydrogen-bond acceptors (Lipinski definition) is 2. The lowest BCUT2D eigenvalue weighted by molar-refractivity contribution is 0.601. The van der Waals surface area contributed by atoms with Crippen LogP contribution in [0.1, 0.15) is 12.5 Å². The van der Waals surface area contributed by atoms with Crippen LogP contribution in [0.5, 0.6) is 0 Å². The molecule has 0 aliphatic rings. The minimum Gasteiger partial charge on any atom is -0.347 e. The van der Waals surface area contributed by atoms with Crippen LogP contribution in [0.3, 0.4) is 0 Å². The van der Waals surface area contributed by atoms with E-state index in [0.29, 0.717) is 6.54 Å². The molecular weight excluding hydrogens is 241 g/mol. The van der Waals surface area contributed by atoms with E-state index in [-0.39, 0.29) is 11.6 Å². The molecule has 5 heteroatoms. The predicted octanol–water partition coefficient (Wildman–Crippen LogP) is 2.34. The first-order chi connectivity index (χ1) is 7.90. The van der Waals surface area contributed by atoms with Crippen LogP contribution < -0.4 is 0 Å². The van der Waals surface area contributed by atoms with Crippen molar-refractivity contribution in [1.29, 1.82) is 0 Å². The van der Waals surface area contributed by atoms with Crippen LogP contribution in [0.4, 0.5) is 4.39 Å². The van der Waals surface area contributed by atoms with Gasteiger partial charge in [-0.05, 0) is 30.7 Å². The Bertz CT molecular complexity index is 658. The highest BCUT2D eigenvalue weighted by Gasteiger charge is 2.12. The highest BCUT2D eigenvalue weighted by Crippen LogP contribution is 2.24. The number of rotatable bonds is 3. The molecule has 0 saturated heterocycles. The minimum absolute atomic E-state index is 0.0118. The largest absolute Gasteiger partial charge is 0.347 e. The van der Waals surface area contributed by atoms with Crippen LogP contribution in [0.25, 0.3) is 10.9 Å². The summed E-state index contributed by atoms with van der Waals surface area (Å²) in [5, 5.41) is 0.804. The molecule has 0 atom stereocenters. The van der Waals surface area contributed by atoms with Gasteiger partial charge in [0, 0.05) is 24.4 Å². The summed E-state index contributed by atoms with van der Waals surface area (Å²) in [7, 11) is -3.08. The van der Waals surface area contributed by atoms with Gasteiger partial charge in [0.25, 0.3) is 0 Å². The molecule has 2 rings (SSSR count). The Balaban J connectivity index is 2.65. The molecule has 0 saturated carbocycles. The molecule has 0 spiro atoms. The van der Waals surface area contributed by atoms with E-state index in [9.17, 15) is 12.8 Å². The first-order valence-electron chi connectivity index (χ1n) is 5.35. The van der Waals surface area contributed by atoms with E-state index in [2.05, 4.69) is 0 Å². The normalized spacial score (nSPS) is 12.2. The maximum absolute atomic E-state index is 13.2. The fourth-order valence-electron chi connectivity index (χ4n) is 2.00. The molecule has 0 bridgehead atoms. The van der Waals surface area contributed by atoms with Crippen LogP contribution in [0, 0.1) is 5.82 Å². The number of fused-ring (bicyclic) bond motifs is 1. The van der Waals surface area contributed by atoms with Crippen LogP contribution >= 0.6 is 0 Å². The summed E-state index contributed by atoms with van der Waals surface area (Å²) in [4.78, 5) is 0. The van der Waals surface area contributed by atoms with Gasteiger partial charge in [-0.25, -0.2) is 12.8 Å². The minimum atomic E-state index is -3.08. The summed E-state index contributed by atoms with van der Waals surface area (Å²) >= 11 is 0. The Labute approximate surface area is 99.8 Å². The Kier molecular flexibility index (Phi) is 2.95. The Morgan fingerprint density at radius 2 is 2.06 bits per heavy atom. The second-order valence-electron chi connectivity index (χ2n) is 4.17. The third-order valence-electron chi connectivity index (χ3n) is 2.69. The Morgan fingerprint density at radius 3 is 2.65 bits per heavy atom. The molecule has 3 nitrogen and oxygen atoms in total. The van der Waals surface area contributed by atoms with Gasteiger partial charge in [0.15, 0.2) is 9.84 Å². The van der Waals surface area contributed by atoms with Crippen LogP contribution in [-0.2, 0) is 22.1 Å². The van der Waals surface area contributed by atoms with Crippen molar-refractivity contribution in [3.05, 3.63) is 35.8 Å². The number of hydrogen-bond donors (Lipinski definition) is 0. The van der Waals surface area contributed by atoms with E-state index in [1.807, 2.05) is 11.5 Å². The lowest BCUT2D eigenvalue weighted by atomic mass is 10.2. The molecule has 2 aromatic rings. The Hall–Kier alpha value is -1.36. The van der Waals surface area contributed by atoms with Gasteiger partial charge in [0.05, 0.1) is 11.3 Å². The van der Waals surface area contributed by atoms with Crippen LogP contribution in [0.2, 0.25) is 0 Å². The number of nitrogens with zero attached hydrogens (tertiary/aromatic N) is 1. The van der Waals surface area contributed by atoms with Gasteiger partial charge in [-0.1, -0.05) is 0 Å². The van der Waals surface area contributed by atoms with Crippen molar-refractivity contribution in [2.24, 2.45) is 0 Å². The van der Waals surface area contributed by atoms with Crippen molar-refractivity contribution in [1.82, 2.24) is 4.57 Å². The van der Waals surface area contributed by atoms with Gasteiger partial charge in [-0.3, -0.25) is 0 Å². The van der Waals surface area contributed by atoms with Gasteiger partial charge < -0.3 is 4.57 Å². The topological polar surface area (TPSA) is 39.1 Å². The third-order valence-corrected chi connectivity index (χ3v) is 3.52. The molecule has 0 radical (unpaired) electrons. The monoisotopic (exact) mass is 255 g/mol. The van der Waals surface area contributed by atoms with Crippen molar-refractivity contribution < 1.29 is 12.8 Å². The maximum Gasteiger partial charge on any atom is 0.151 e. The summed E-state index contributed by atoms with van der Waals surface area (Å²) < 4.78 is 37.7. The third kappa shape index (κ3) is 2.49. The van der Waals surface area contributed by atoms with Crippen molar-refractivity contribution >= 4 is 20.7 Å². The zero-order valence-electron chi connectivity index (χ0n) is 9.77. The standard InChI is InChI=1S/C12H14FNO2S/c1-3-14-7-9(8-17(2,15)16)11-5-4-10(13)6-12(11)14/h4-7H,3,8H2,1-2H3. The van der Waals surface area contributed by atoms with Gasteiger partial charge in [-0.2, -0.15) is 0 Å². The summed E-state index contributed by atoms with van der Waals surface area (Å²) in [5.41, 5.74) is 1.47. The molecule has 1 heterocycles. The quantitative estimate of drug-likeness (QED) is 0.844. The fourth-order valence-corrected chi connectivity index (χ4v) is 2.80. The molecule has 1 aromatic carbocycles. The van der Waals surface area contributed by atoms with Crippen molar-refractivity contribution in [3.63, 3.8) is 0 Å². The molecule has 0 aliphatic carbocycles. The van der Waals surface area contributed by atoms with Gasteiger partial charge in [0.1, 0.15) is 5.82 Å². The van der Waals surface area contributed by atoms with Gasteiger partial charge >= 0.3 is 0 Å². The lowest BCUT2D eigenvalue weighted by Crippen LogP contribution is -2.00. The van der Waals surface area contributed by atoms with Crippen molar-refractivity contribution in [2.75, 3.05) is 6.26 Å². The highest BCUT2D eigenvalue weighted by molar-refractivity contribution is 7.89. The lowest BCUT2D eigenvalue weighted by Gasteiger charge is -1.99. The van der Waals surface area contributed by atoms with E-state index < -0.39 is 9.84 Å². The second-order valence-corrected chi connectivity index (χ2v) is 6.31. The molecule has 0 amide bonds. The average molecular weight is 255 g/mol. The van der Waals surface area contributed by atoms with E-state index in [4.69, 9.17) is 0 Å². The average Bonchev–Trinajstić information content (AvgIpc) is 2.53. The summed E-state index contributed by atoms with van der Waals surface area (Å²) in [6.07, 6.45) is 2.98. The van der Waals surface area contributed by atoms with E-state index in [1.165, 1.54) is 18.4 Å². The van der Waals surface area contributed by atoms with Gasteiger partial charge in [0.2, 0.25) is 0 Å². The number of aryl methyl sites for hydroxylation is 1. The molecule has 0 aliphatic heterocycles. The van der Waals surface area contributed by atoms with E-state index in [0.717, 1.165) is 16.5 Å².